The van der Waals surface area contributed by atoms with E-state index in [4.69, 9.17) is 42.7 Å². The smallest absolute Gasteiger partial charge is 0.341 e. The molecule has 7 heteroatoms. The number of hydrogen-bond donors (Lipinski definition) is 0. The van der Waals surface area contributed by atoms with Crippen LogP contribution in [0, 0.1) is 0 Å². The average Bonchev–Trinajstić information content (AvgIpc) is 2.19. The topological polar surface area (TPSA) is 35.5 Å². The third-order valence-corrected chi connectivity index (χ3v) is 4.38. The highest BCUT2D eigenvalue weighted by Gasteiger charge is 2.23. The Hall–Kier alpha value is 0.257. The Labute approximate surface area is 117 Å². The minimum atomic E-state index is -2.50. The van der Waals surface area contributed by atoms with Gasteiger partial charge in [0.1, 0.15) is 0 Å². The number of esters is 1. The maximum atomic E-state index is 11.0. The molecule has 0 N–H and O–H groups in total. The van der Waals surface area contributed by atoms with Crippen molar-refractivity contribution in [3.05, 3.63) is 12.2 Å². The summed E-state index contributed by atoms with van der Waals surface area (Å²) >= 11 is 17.1. The molecule has 100 valence electrons. The van der Waals surface area contributed by atoms with Gasteiger partial charge in [0, 0.05) is 25.2 Å². The maximum Gasteiger partial charge on any atom is 0.341 e. The van der Waals surface area contributed by atoms with Crippen LogP contribution in [-0.4, -0.2) is 31.8 Å². The Balaban J connectivity index is 3.25. The summed E-state index contributed by atoms with van der Waals surface area (Å²) in [6.45, 7) is 6.52. The highest BCUT2D eigenvalue weighted by molar-refractivity contribution is 7.64. The molecule has 0 atom stereocenters. The van der Waals surface area contributed by atoms with Gasteiger partial charge in [0.15, 0.2) is 0 Å². The van der Waals surface area contributed by atoms with Gasteiger partial charge >= 0.3 is 12.0 Å². The molecule has 0 aromatic carbocycles. The van der Waals surface area contributed by atoms with Crippen LogP contribution in [0.3, 0.4) is 0 Å². The van der Waals surface area contributed by atoms with Gasteiger partial charge in [-0.25, -0.2) is 4.79 Å². The van der Waals surface area contributed by atoms with Crippen molar-refractivity contribution >= 4 is 45.2 Å². The van der Waals surface area contributed by atoms with Crippen LogP contribution in [0.5, 0.6) is 0 Å². The molecule has 0 amide bonds. The first-order chi connectivity index (χ1) is 7.83. The number of halogens is 3. The lowest BCUT2D eigenvalue weighted by molar-refractivity contribution is -0.139. The van der Waals surface area contributed by atoms with Crippen LogP contribution in [0.2, 0.25) is 6.04 Å². The summed E-state index contributed by atoms with van der Waals surface area (Å²) in [6.07, 6.45) is 1.40. The Morgan fingerprint density at radius 1 is 1.18 bits per heavy atom. The van der Waals surface area contributed by atoms with Crippen LogP contribution in [0.1, 0.15) is 19.8 Å². The first-order valence-electron chi connectivity index (χ1n) is 5.30. The summed E-state index contributed by atoms with van der Waals surface area (Å²) in [4.78, 5) is 11.0. The van der Waals surface area contributed by atoms with Crippen molar-refractivity contribution in [1.29, 1.82) is 0 Å². The van der Waals surface area contributed by atoms with E-state index in [1.807, 2.05) is 0 Å². The van der Waals surface area contributed by atoms with Crippen LogP contribution < -0.4 is 0 Å². The Kier molecular flexibility index (Phi) is 9.36. The van der Waals surface area contributed by atoms with Gasteiger partial charge in [-0.05, 0) is 19.4 Å². The molecule has 17 heavy (non-hydrogen) atoms. The lowest BCUT2D eigenvalue weighted by Gasteiger charge is -2.08. The van der Waals surface area contributed by atoms with Crippen LogP contribution in [-0.2, 0) is 14.3 Å². The third-order valence-electron chi connectivity index (χ3n) is 1.76. The zero-order valence-electron chi connectivity index (χ0n) is 9.81. The quantitative estimate of drug-likeness (QED) is 0.214. The van der Waals surface area contributed by atoms with Crippen LogP contribution in [0.25, 0.3) is 0 Å². The fourth-order valence-corrected chi connectivity index (χ4v) is 2.67. The van der Waals surface area contributed by atoms with Crippen molar-refractivity contribution in [2.75, 3.05) is 19.8 Å². The molecule has 0 bridgehead atoms. The summed E-state index contributed by atoms with van der Waals surface area (Å²) in [7, 11) is 0. The average molecular weight is 320 g/mol. The SMILES string of the molecule is C=C(C)C(=O)OCCCOCCC[Si](Cl)(Cl)Cl. The first kappa shape index (κ1) is 17.3. The lowest BCUT2D eigenvalue weighted by atomic mass is 10.4. The molecule has 0 aliphatic carbocycles. The second-order valence-corrected chi connectivity index (χ2v) is 12.9. The van der Waals surface area contributed by atoms with E-state index in [0.717, 1.165) is 6.42 Å². The van der Waals surface area contributed by atoms with Crippen molar-refractivity contribution in [2.45, 2.75) is 25.8 Å². The second kappa shape index (κ2) is 9.22. The second-order valence-electron chi connectivity index (χ2n) is 3.60. The Morgan fingerprint density at radius 3 is 2.29 bits per heavy atom. The molecule has 0 heterocycles. The number of ether oxygens (including phenoxy) is 2. The minimum absolute atomic E-state index is 0.338. The van der Waals surface area contributed by atoms with E-state index < -0.39 is 6.00 Å². The number of carbonyl (C=O) groups excluding carboxylic acids is 1. The van der Waals surface area contributed by atoms with Gasteiger partial charge in [0.2, 0.25) is 0 Å². The van der Waals surface area contributed by atoms with Gasteiger partial charge in [-0.2, -0.15) is 0 Å². The predicted octanol–water partition coefficient (Wildman–Crippen LogP) is 3.56. The molecule has 0 rings (SSSR count). The van der Waals surface area contributed by atoms with Crippen LogP contribution in [0.4, 0.5) is 0 Å². The normalized spacial score (nSPS) is 11.3. The molecule has 0 radical (unpaired) electrons. The van der Waals surface area contributed by atoms with Crippen molar-refractivity contribution in [3.63, 3.8) is 0 Å². The van der Waals surface area contributed by atoms with E-state index in [1.54, 1.807) is 6.92 Å². The van der Waals surface area contributed by atoms with Gasteiger partial charge in [0.25, 0.3) is 0 Å². The van der Waals surface area contributed by atoms with Gasteiger partial charge in [-0.15, -0.1) is 33.2 Å². The third kappa shape index (κ3) is 12.5. The zero-order valence-corrected chi connectivity index (χ0v) is 13.1. The maximum absolute atomic E-state index is 11.0. The molecule has 0 aromatic heterocycles. The number of carbonyl (C=O) groups is 1. The number of hydrogen-bond acceptors (Lipinski definition) is 3. The molecule has 0 aromatic rings. The first-order valence-corrected chi connectivity index (χ1v) is 10.5. The fraction of sp³-hybridized carbons (Fsp3) is 0.700. The zero-order chi connectivity index (χ0) is 13.3. The summed E-state index contributed by atoms with van der Waals surface area (Å²) in [5, 5.41) is 0. The molecule has 0 fully saturated rings. The van der Waals surface area contributed by atoms with Gasteiger partial charge in [-0.3, -0.25) is 0 Å². The van der Waals surface area contributed by atoms with Crippen LogP contribution in [0.15, 0.2) is 12.2 Å². The van der Waals surface area contributed by atoms with Crippen molar-refractivity contribution in [3.8, 4) is 0 Å². The molecule has 0 spiro atoms. The Morgan fingerprint density at radius 2 is 1.76 bits per heavy atom. The summed E-state index contributed by atoms with van der Waals surface area (Å²) < 4.78 is 10.2. The highest BCUT2D eigenvalue weighted by atomic mass is 35.8. The van der Waals surface area contributed by atoms with Gasteiger partial charge in [-0.1, -0.05) is 6.58 Å². The summed E-state index contributed by atoms with van der Waals surface area (Å²) in [5.74, 6) is -0.368. The summed E-state index contributed by atoms with van der Waals surface area (Å²) in [6, 6.07) is -1.90. The van der Waals surface area contributed by atoms with Crippen molar-refractivity contribution in [2.24, 2.45) is 0 Å². The van der Waals surface area contributed by atoms with Crippen molar-refractivity contribution in [1.82, 2.24) is 0 Å². The Bertz CT molecular complexity index is 254. The van der Waals surface area contributed by atoms with E-state index in [-0.39, 0.29) is 5.97 Å². The summed E-state index contributed by atoms with van der Waals surface area (Å²) in [5.41, 5.74) is 0.401. The predicted molar refractivity (Wildman–Crippen MR) is 73.9 cm³/mol. The van der Waals surface area contributed by atoms with E-state index in [2.05, 4.69) is 6.58 Å². The largest absolute Gasteiger partial charge is 0.462 e. The standard InChI is InChI=1S/C10H17Cl3O3Si/c1-9(2)10(14)16-7-3-5-15-6-4-8-17(11,12)13/h1,3-8H2,2H3. The molecule has 0 aliphatic heterocycles. The number of rotatable bonds is 9. The molecular weight excluding hydrogens is 303 g/mol. The fourth-order valence-electron chi connectivity index (χ4n) is 0.926. The van der Waals surface area contributed by atoms with E-state index in [1.165, 1.54) is 0 Å². The van der Waals surface area contributed by atoms with Crippen LogP contribution >= 0.6 is 33.2 Å². The minimum Gasteiger partial charge on any atom is -0.462 e. The molecule has 0 unspecified atom stereocenters. The van der Waals surface area contributed by atoms with E-state index in [0.29, 0.717) is 37.9 Å². The molecule has 3 nitrogen and oxygen atoms in total. The molecule has 0 aliphatic rings. The molecule has 0 saturated heterocycles. The molecule has 0 saturated carbocycles. The lowest BCUT2D eigenvalue weighted by Crippen LogP contribution is -2.11. The molecular formula is C10H17Cl3O3Si. The van der Waals surface area contributed by atoms with Gasteiger partial charge in [0.05, 0.1) is 6.61 Å². The van der Waals surface area contributed by atoms with Gasteiger partial charge < -0.3 is 9.47 Å². The van der Waals surface area contributed by atoms with Crippen molar-refractivity contribution < 1.29 is 14.3 Å². The monoisotopic (exact) mass is 318 g/mol. The highest BCUT2D eigenvalue weighted by Crippen LogP contribution is 2.26. The van der Waals surface area contributed by atoms with E-state index in [9.17, 15) is 4.79 Å². The van der Waals surface area contributed by atoms with E-state index >= 15 is 0 Å².